The number of nitrogens with zero attached hydrogens (tertiary/aromatic N) is 4. The monoisotopic (exact) mass is 477 g/mol. The minimum Gasteiger partial charge on any atom is -0.344 e. The van der Waals surface area contributed by atoms with E-state index in [-0.39, 0.29) is 18.1 Å². The molecule has 1 aliphatic rings. The lowest BCUT2D eigenvalue weighted by Crippen LogP contribution is -2.52. The molecule has 0 aliphatic carbocycles. The Hall–Kier alpha value is -3.47. The van der Waals surface area contributed by atoms with E-state index in [1.165, 1.54) is 41.4 Å². The standard InChI is InChI=1S/C23H26F3N5O3/c1-2-29-8-10-30(11-9-29)23(34)31(19-5-3-4-17(24)12-19)15-18-7-6-16(13-27-18)20(32)14-28-22(33)21(25)26/h3-7,12-13,21H,2,8-11,14-15H2,1H3,(H,28,33). The second-order valence-electron chi connectivity index (χ2n) is 7.75. The van der Waals surface area contributed by atoms with Crippen LogP contribution in [0.1, 0.15) is 23.0 Å². The Balaban J connectivity index is 1.73. The van der Waals surface area contributed by atoms with E-state index in [0.717, 1.165) is 19.6 Å². The quantitative estimate of drug-likeness (QED) is 0.591. The molecular formula is C23H26F3N5O3. The molecule has 0 unspecified atom stereocenters. The van der Waals surface area contributed by atoms with Gasteiger partial charge in [0.15, 0.2) is 5.78 Å². The predicted octanol–water partition coefficient (Wildman–Crippen LogP) is 2.55. The Bertz CT molecular complexity index is 1010. The Morgan fingerprint density at radius 2 is 1.85 bits per heavy atom. The molecular weight excluding hydrogens is 451 g/mol. The summed E-state index contributed by atoms with van der Waals surface area (Å²) in [6, 6.07) is 8.39. The van der Waals surface area contributed by atoms with Gasteiger partial charge in [0.2, 0.25) is 0 Å². The maximum Gasteiger partial charge on any atom is 0.324 e. The molecule has 0 bridgehead atoms. The van der Waals surface area contributed by atoms with Gasteiger partial charge in [-0.05, 0) is 36.9 Å². The normalized spacial score (nSPS) is 14.2. The van der Waals surface area contributed by atoms with Gasteiger partial charge < -0.3 is 15.1 Å². The molecule has 3 amide bonds. The van der Waals surface area contributed by atoms with Crippen LogP contribution in [-0.4, -0.2) is 78.2 Å². The van der Waals surface area contributed by atoms with E-state index in [9.17, 15) is 27.6 Å². The van der Waals surface area contributed by atoms with Gasteiger partial charge in [0.25, 0.3) is 5.91 Å². The fraction of sp³-hybridized carbons (Fsp3) is 0.391. The zero-order valence-electron chi connectivity index (χ0n) is 18.7. The average Bonchev–Trinajstić information content (AvgIpc) is 2.85. The number of anilines is 1. The number of urea groups is 1. The van der Waals surface area contributed by atoms with E-state index in [0.29, 0.717) is 24.5 Å². The van der Waals surface area contributed by atoms with Crippen LogP contribution in [0.25, 0.3) is 0 Å². The van der Waals surface area contributed by atoms with E-state index < -0.39 is 30.5 Å². The van der Waals surface area contributed by atoms with Gasteiger partial charge in [-0.1, -0.05) is 13.0 Å². The summed E-state index contributed by atoms with van der Waals surface area (Å²) in [5, 5.41) is 1.85. The third-order valence-electron chi connectivity index (χ3n) is 5.53. The van der Waals surface area contributed by atoms with Crippen LogP contribution in [-0.2, 0) is 11.3 Å². The summed E-state index contributed by atoms with van der Waals surface area (Å²) in [5.41, 5.74) is 0.940. The third-order valence-corrected chi connectivity index (χ3v) is 5.53. The molecule has 1 fully saturated rings. The maximum atomic E-state index is 13.9. The molecule has 8 nitrogen and oxygen atoms in total. The lowest BCUT2D eigenvalue weighted by atomic mass is 10.1. The van der Waals surface area contributed by atoms with Gasteiger partial charge in [-0.25, -0.2) is 9.18 Å². The highest BCUT2D eigenvalue weighted by molar-refractivity contribution is 5.99. The number of carbonyl (C=O) groups excluding carboxylic acids is 3. The number of ketones is 1. The second kappa shape index (κ2) is 11.6. The summed E-state index contributed by atoms with van der Waals surface area (Å²) in [6.07, 6.45) is -1.95. The van der Waals surface area contributed by atoms with Gasteiger partial charge in [-0.2, -0.15) is 8.78 Å². The molecule has 0 radical (unpaired) electrons. The molecule has 0 spiro atoms. The van der Waals surface area contributed by atoms with E-state index >= 15 is 0 Å². The molecule has 34 heavy (non-hydrogen) atoms. The first-order valence-corrected chi connectivity index (χ1v) is 10.9. The number of nitrogens with one attached hydrogen (secondary N) is 1. The third kappa shape index (κ3) is 6.53. The van der Waals surface area contributed by atoms with Crippen LogP contribution in [0.3, 0.4) is 0 Å². The summed E-state index contributed by atoms with van der Waals surface area (Å²) in [6.45, 7) is 4.99. The first-order valence-electron chi connectivity index (χ1n) is 10.9. The maximum absolute atomic E-state index is 13.9. The number of piperazine rings is 1. The number of amides is 3. The van der Waals surface area contributed by atoms with Gasteiger partial charge in [0, 0.05) is 43.6 Å². The van der Waals surface area contributed by atoms with Crippen LogP contribution in [0.15, 0.2) is 42.6 Å². The minimum atomic E-state index is -3.20. The lowest BCUT2D eigenvalue weighted by molar-refractivity contribution is -0.131. The van der Waals surface area contributed by atoms with Crippen molar-refractivity contribution in [3.05, 3.63) is 59.7 Å². The van der Waals surface area contributed by atoms with Crippen LogP contribution in [0.5, 0.6) is 0 Å². The Morgan fingerprint density at radius 3 is 2.44 bits per heavy atom. The number of Topliss-reactive ketones (excluding diaryl/α,β-unsaturated/α-hetero) is 1. The summed E-state index contributed by atoms with van der Waals surface area (Å²) >= 11 is 0. The van der Waals surface area contributed by atoms with Crippen molar-refractivity contribution < 1.29 is 27.6 Å². The topological polar surface area (TPSA) is 85.9 Å². The van der Waals surface area contributed by atoms with Gasteiger partial charge >= 0.3 is 12.5 Å². The molecule has 11 heteroatoms. The smallest absolute Gasteiger partial charge is 0.324 e. The van der Waals surface area contributed by atoms with Crippen molar-refractivity contribution in [2.45, 2.75) is 19.9 Å². The van der Waals surface area contributed by atoms with Crippen molar-refractivity contribution in [3.8, 4) is 0 Å². The van der Waals surface area contributed by atoms with Crippen LogP contribution < -0.4 is 10.2 Å². The van der Waals surface area contributed by atoms with E-state index in [1.54, 1.807) is 11.0 Å². The molecule has 182 valence electrons. The van der Waals surface area contributed by atoms with Crippen molar-refractivity contribution in [1.29, 1.82) is 0 Å². The summed E-state index contributed by atoms with van der Waals surface area (Å²) < 4.78 is 38.4. The Morgan fingerprint density at radius 1 is 1.12 bits per heavy atom. The Kier molecular flexibility index (Phi) is 8.58. The molecule has 0 saturated carbocycles. The van der Waals surface area contributed by atoms with Crippen molar-refractivity contribution in [2.75, 3.05) is 44.2 Å². The molecule has 1 aliphatic heterocycles. The number of hydrogen-bond donors (Lipinski definition) is 1. The minimum absolute atomic E-state index is 0.0346. The van der Waals surface area contributed by atoms with Crippen LogP contribution in [0.4, 0.5) is 23.7 Å². The summed E-state index contributed by atoms with van der Waals surface area (Å²) in [7, 11) is 0. The molecule has 2 aromatic rings. The molecule has 1 aromatic heterocycles. The second-order valence-corrected chi connectivity index (χ2v) is 7.75. The largest absolute Gasteiger partial charge is 0.344 e. The van der Waals surface area contributed by atoms with Gasteiger partial charge in [0.1, 0.15) is 5.82 Å². The van der Waals surface area contributed by atoms with Crippen molar-refractivity contribution in [1.82, 2.24) is 20.1 Å². The van der Waals surface area contributed by atoms with Crippen LogP contribution in [0.2, 0.25) is 0 Å². The molecule has 0 atom stereocenters. The lowest BCUT2D eigenvalue weighted by Gasteiger charge is -2.37. The predicted molar refractivity (Wildman–Crippen MR) is 119 cm³/mol. The highest BCUT2D eigenvalue weighted by atomic mass is 19.3. The molecule has 1 aromatic carbocycles. The fourth-order valence-electron chi connectivity index (χ4n) is 3.53. The number of rotatable bonds is 8. The van der Waals surface area contributed by atoms with Gasteiger partial charge in [-0.3, -0.25) is 19.5 Å². The van der Waals surface area contributed by atoms with Crippen molar-refractivity contribution >= 4 is 23.4 Å². The zero-order valence-corrected chi connectivity index (χ0v) is 18.7. The number of carbonyl (C=O) groups is 3. The number of alkyl halides is 2. The number of benzene rings is 1. The molecule has 1 saturated heterocycles. The van der Waals surface area contributed by atoms with Crippen LogP contribution >= 0.6 is 0 Å². The first kappa shape index (κ1) is 25.2. The molecule has 2 heterocycles. The Labute approximate surface area is 195 Å². The summed E-state index contributed by atoms with van der Waals surface area (Å²) in [4.78, 5) is 45.9. The van der Waals surface area contributed by atoms with Gasteiger partial charge in [0.05, 0.1) is 18.8 Å². The average molecular weight is 477 g/mol. The van der Waals surface area contributed by atoms with E-state index in [4.69, 9.17) is 0 Å². The van der Waals surface area contributed by atoms with Crippen molar-refractivity contribution in [2.24, 2.45) is 0 Å². The molecule has 3 rings (SSSR count). The molecule has 1 N–H and O–H groups in total. The van der Waals surface area contributed by atoms with Crippen molar-refractivity contribution in [3.63, 3.8) is 0 Å². The van der Waals surface area contributed by atoms with Crippen LogP contribution in [0, 0.1) is 5.82 Å². The highest BCUT2D eigenvalue weighted by Gasteiger charge is 2.26. The van der Waals surface area contributed by atoms with E-state index in [1.807, 2.05) is 5.32 Å². The summed E-state index contributed by atoms with van der Waals surface area (Å²) in [5.74, 6) is -2.59. The first-order chi connectivity index (χ1) is 16.3. The number of likely N-dealkylation sites (N-methyl/N-ethyl adjacent to an activating group) is 1. The SMILES string of the molecule is CCN1CCN(C(=O)N(Cc2ccc(C(=O)CNC(=O)C(F)F)cn2)c2cccc(F)c2)CC1. The number of halogens is 3. The highest BCUT2D eigenvalue weighted by Crippen LogP contribution is 2.21. The zero-order chi connectivity index (χ0) is 24.7. The van der Waals surface area contributed by atoms with E-state index in [2.05, 4.69) is 16.8 Å². The fourth-order valence-corrected chi connectivity index (χ4v) is 3.53. The number of hydrogen-bond acceptors (Lipinski definition) is 5. The number of pyridine rings is 1. The number of aromatic nitrogens is 1. The van der Waals surface area contributed by atoms with Gasteiger partial charge in [-0.15, -0.1) is 0 Å².